The Morgan fingerprint density at radius 3 is 2.58 bits per heavy atom. The van der Waals surface area contributed by atoms with E-state index in [1.54, 1.807) is 13.8 Å². The summed E-state index contributed by atoms with van der Waals surface area (Å²) in [7, 11) is -3.77. The SMILES string of the molecule is CCSc1nnc(NC(=O)c2ccc(Cl)c(S(=O)(=O)N(CC)CC)c2)s1. The maximum atomic E-state index is 12.7. The highest BCUT2D eigenvalue weighted by atomic mass is 35.5. The average molecular weight is 435 g/mol. The molecule has 0 spiro atoms. The molecular weight excluding hydrogens is 416 g/mol. The van der Waals surface area contributed by atoms with Crippen molar-refractivity contribution in [2.24, 2.45) is 0 Å². The third-order valence-corrected chi connectivity index (χ3v) is 7.80. The second-order valence-corrected chi connectivity index (χ2v) is 9.80. The second-order valence-electron chi connectivity index (χ2n) is 4.99. The second kappa shape index (κ2) is 9.14. The van der Waals surface area contributed by atoms with Gasteiger partial charge in [-0.15, -0.1) is 10.2 Å². The molecule has 0 aliphatic rings. The van der Waals surface area contributed by atoms with Crippen molar-refractivity contribution < 1.29 is 13.2 Å². The standard InChI is InChI=1S/C15H19ClN4O3S3/c1-4-20(5-2)26(22,23)12-9-10(7-8-11(12)16)13(21)17-14-18-19-15(25-14)24-6-3/h7-9H,4-6H2,1-3H3,(H,17,18,21). The Balaban J connectivity index is 2.29. The van der Waals surface area contributed by atoms with Crippen LogP contribution in [0.15, 0.2) is 27.4 Å². The molecule has 2 aromatic rings. The molecule has 0 aliphatic heterocycles. The molecule has 1 heterocycles. The van der Waals surface area contributed by atoms with E-state index < -0.39 is 15.9 Å². The van der Waals surface area contributed by atoms with E-state index in [0.29, 0.717) is 18.2 Å². The molecule has 7 nitrogen and oxygen atoms in total. The number of thioether (sulfide) groups is 1. The third-order valence-electron chi connectivity index (χ3n) is 3.41. The molecule has 11 heteroatoms. The molecule has 0 saturated heterocycles. The van der Waals surface area contributed by atoms with Gasteiger partial charge in [-0.25, -0.2) is 8.42 Å². The highest BCUT2D eigenvalue weighted by Gasteiger charge is 2.25. The Labute approximate surface area is 166 Å². The molecule has 0 fully saturated rings. The quantitative estimate of drug-likeness (QED) is 0.504. The molecule has 1 aromatic carbocycles. The van der Waals surface area contributed by atoms with Crippen molar-refractivity contribution in [3.8, 4) is 0 Å². The zero-order chi connectivity index (χ0) is 19.3. The van der Waals surface area contributed by atoms with Crippen LogP contribution in [0.2, 0.25) is 5.02 Å². The normalized spacial score (nSPS) is 11.7. The molecule has 0 unspecified atom stereocenters. The van der Waals surface area contributed by atoms with E-state index in [-0.39, 0.29) is 15.5 Å². The lowest BCUT2D eigenvalue weighted by Crippen LogP contribution is -2.31. The summed E-state index contributed by atoms with van der Waals surface area (Å²) < 4.78 is 27.5. The van der Waals surface area contributed by atoms with Crippen molar-refractivity contribution in [1.82, 2.24) is 14.5 Å². The van der Waals surface area contributed by atoms with Crippen LogP contribution in [0.5, 0.6) is 0 Å². The Hall–Kier alpha value is -1.20. The summed E-state index contributed by atoms with van der Waals surface area (Å²) in [5.41, 5.74) is 0.181. The summed E-state index contributed by atoms with van der Waals surface area (Å²) in [5, 5.41) is 10.9. The summed E-state index contributed by atoms with van der Waals surface area (Å²) in [6.45, 7) is 6.11. The van der Waals surface area contributed by atoms with Gasteiger partial charge in [0.15, 0.2) is 4.34 Å². The van der Waals surface area contributed by atoms with Gasteiger partial charge in [-0.2, -0.15) is 4.31 Å². The lowest BCUT2D eigenvalue weighted by atomic mass is 10.2. The van der Waals surface area contributed by atoms with E-state index in [0.717, 1.165) is 10.1 Å². The Morgan fingerprint density at radius 1 is 1.27 bits per heavy atom. The monoisotopic (exact) mass is 434 g/mol. The van der Waals surface area contributed by atoms with E-state index in [1.807, 2.05) is 6.92 Å². The first-order valence-corrected chi connectivity index (χ1v) is 11.5. The molecule has 0 aliphatic carbocycles. The summed E-state index contributed by atoms with van der Waals surface area (Å²) in [6, 6.07) is 4.17. The number of carbonyl (C=O) groups excluding carboxylic acids is 1. The Morgan fingerprint density at radius 2 is 1.96 bits per heavy atom. The first kappa shape index (κ1) is 21.1. The summed E-state index contributed by atoms with van der Waals surface area (Å²) >= 11 is 8.87. The van der Waals surface area contributed by atoms with Gasteiger partial charge >= 0.3 is 0 Å². The molecule has 1 amide bonds. The van der Waals surface area contributed by atoms with Crippen molar-refractivity contribution in [3.05, 3.63) is 28.8 Å². The van der Waals surface area contributed by atoms with Crippen LogP contribution in [-0.2, 0) is 10.0 Å². The van der Waals surface area contributed by atoms with Gasteiger partial charge in [0, 0.05) is 18.7 Å². The minimum atomic E-state index is -3.77. The average Bonchev–Trinajstić information content (AvgIpc) is 3.03. The topological polar surface area (TPSA) is 92.3 Å². The number of nitrogens with zero attached hydrogens (tertiary/aromatic N) is 3. The highest BCUT2D eigenvalue weighted by molar-refractivity contribution is 8.01. The predicted molar refractivity (Wildman–Crippen MR) is 106 cm³/mol. The van der Waals surface area contributed by atoms with Gasteiger partial charge in [0.2, 0.25) is 15.2 Å². The van der Waals surface area contributed by atoms with Crippen LogP contribution < -0.4 is 5.32 Å². The van der Waals surface area contributed by atoms with Crippen molar-refractivity contribution in [2.45, 2.75) is 30.0 Å². The number of benzene rings is 1. The van der Waals surface area contributed by atoms with Gasteiger partial charge in [-0.3, -0.25) is 10.1 Å². The molecule has 0 atom stereocenters. The molecule has 0 saturated carbocycles. The van der Waals surface area contributed by atoms with Gasteiger partial charge in [-0.1, -0.05) is 55.5 Å². The number of sulfonamides is 1. The van der Waals surface area contributed by atoms with E-state index in [4.69, 9.17) is 11.6 Å². The summed E-state index contributed by atoms with van der Waals surface area (Å²) in [6.07, 6.45) is 0. The number of halogens is 1. The maximum Gasteiger partial charge on any atom is 0.257 e. The molecule has 142 valence electrons. The third kappa shape index (κ3) is 4.74. The Kier molecular flexibility index (Phi) is 7.42. The molecule has 0 bridgehead atoms. The Bertz CT molecular complexity index is 882. The number of hydrogen-bond acceptors (Lipinski definition) is 7. The van der Waals surface area contributed by atoms with Crippen molar-refractivity contribution in [1.29, 1.82) is 0 Å². The van der Waals surface area contributed by atoms with Crippen molar-refractivity contribution >= 4 is 55.8 Å². The highest BCUT2D eigenvalue weighted by Crippen LogP contribution is 2.28. The fourth-order valence-corrected chi connectivity index (χ4v) is 5.76. The summed E-state index contributed by atoms with van der Waals surface area (Å²) in [4.78, 5) is 12.4. The van der Waals surface area contributed by atoms with Crippen molar-refractivity contribution in [2.75, 3.05) is 24.2 Å². The number of hydrogen-bond donors (Lipinski definition) is 1. The zero-order valence-electron chi connectivity index (χ0n) is 14.5. The first-order chi connectivity index (χ1) is 12.3. The largest absolute Gasteiger partial charge is 0.296 e. The first-order valence-electron chi connectivity index (χ1n) is 7.90. The molecule has 1 N–H and O–H groups in total. The molecule has 0 radical (unpaired) electrons. The van der Waals surface area contributed by atoms with Crippen LogP contribution >= 0.6 is 34.7 Å². The van der Waals surface area contributed by atoms with Gasteiger partial charge in [0.05, 0.1) is 5.02 Å². The number of nitrogens with one attached hydrogen (secondary N) is 1. The van der Waals surface area contributed by atoms with Crippen LogP contribution in [0.1, 0.15) is 31.1 Å². The van der Waals surface area contributed by atoms with E-state index in [1.165, 1.54) is 45.6 Å². The zero-order valence-corrected chi connectivity index (χ0v) is 17.7. The minimum Gasteiger partial charge on any atom is -0.296 e. The molecular formula is C15H19ClN4O3S3. The van der Waals surface area contributed by atoms with Gasteiger partial charge in [-0.05, 0) is 24.0 Å². The fourth-order valence-electron chi connectivity index (χ4n) is 2.16. The molecule has 1 aromatic heterocycles. The molecule has 26 heavy (non-hydrogen) atoms. The number of aromatic nitrogens is 2. The maximum absolute atomic E-state index is 12.7. The van der Waals surface area contributed by atoms with Crippen LogP contribution in [0, 0.1) is 0 Å². The van der Waals surface area contributed by atoms with Gasteiger partial charge in [0.1, 0.15) is 4.90 Å². The smallest absolute Gasteiger partial charge is 0.257 e. The van der Waals surface area contributed by atoms with Crippen LogP contribution in [0.3, 0.4) is 0 Å². The minimum absolute atomic E-state index is 0.0750. The van der Waals surface area contributed by atoms with Crippen molar-refractivity contribution in [3.63, 3.8) is 0 Å². The molecule has 2 rings (SSSR count). The van der Waals surface area contributed by atoms with Crippen LogP contribution in [0.4, 0.5) is 5.13 Å². The number of rotatable bonds is 8. The number of amides is 1. The van der Waals surface area contributed by atoms with E-state index >= 15 is 0 Å². The summed E-state index contributed by atoms with van der Waals surface area (Å²) in [5.74, 6) is 0.383. The van der Waals surface area contributed by atoms with Gasteiger partial charge in [0.25, 0.3) is 5.91 Å². The van der Waals surface area contributed by atoms with Gasteiger partial charge < -0.3 is 0 Å². The van der Waals surface area contributed by atoms with Crippen LogP contribution in [-0.4, -0.2) is 47.7 Å². The fraction of sp³-hybridized carbons (Fsp3) is 0.400. The lowest BCUT2D eigenvalue weighted by Gasteiger charge is -2.19. The number of carbonyl (C=O) groups is 1. The van der Waals surface area contributed by atoms with E-state index in [9.17, 15) is 13.2 Å². The van der Waals surface area contributed by atoms with Crippen LogP contribution in [0.25, 0.3) is 0 Å². The lowest BCUT2D eigenvalue weighted by molar-refractivity contribution is 0.102. The number of anilines is 1. The van der Waals surface area contributed by atoms with E-state index in [2.05, 4.69) is 15.5 Å². The predicted octanol–water partition coefficient (Wildman–Crippen LogP) is 3.59.